The van der Waals surface area contributed by atoms with E-state index in [0.717, 1.165) is 19.3 Å². The molecule has 0 aromatic heterocycles. The van der Waals surface area contributed by atoms with Gasteiger partial charge in [-0.2, -0.15) is 0 Å². The standard InChI is InChI=1S/C7H12O2.Cs.H/c1-5-2-3-6(4-5)7(8)9;;/h5-6H,2-4H2,1H3,(H,8,9);;/q;+1;-1. The van der Waals surface area contributed by atoms with Crippen LogP contribution in [0, 0.1) is 11.8 Å². The van der Waals surface area contributed by atoms with Crippen LogP contribution in [0.25, 0.3) is 0 Å². The molecule has 1 aliphatic carbocycles. The number of carboxylic acids is 1. The molecule has 0 spiro atoms. The minimum absolute atomic E-state index is 0. The predicted molar refractivity (Wildman–Crippen MR) is 35.3 cm³/mol. The molecule has 1 saturated carbocycles. The van der Waals surface area contributed by atoms with E-state index in [-0.39, 0.29) is 76.2 Å². The second kappa shape index (κ2) is 5.22. The summed E-state index contributed by atoms with van der Waals surface area (Å²) in [5, 5.41) is 8.53. The molecule has 0 saturated heterocycles. The molecule has 10 heavy (non-hydrogen) atoms. The Hall–Kier alpha value is 1.52. The van der Waals surface area contributed by atoms with E-state index in [9.17, 15) is 4.79 Å². The Balaban J connectivity index is 0. The summed E-state index contributed by atoms with van der Waals surface area (Å²) in [4.78, 5) is 10.3. The zero-order chi connectivity index (χ0) is 6.85. The van der Waals surface area contributed by atoms with Crippen LogP contribution < -0.4 is 68.9 Å². The maximum absolute atomic E-state index is 10.3. The van der Waals surface area contributed by atoms with Crippen LogP contribution in [0.2, 0.25) is 0 Å². The Bertz CT molecular complexity index is 130. The van der Waals surface area contributed by atoms with Crippen molar-refractivity contribution in [2.45, 2.75) is 26.2 Å². The molecule has 0 aromatic carbocycles. The molecule has 0 aromatic rings. The average molecular weight is 262 g/mol. The van der Waals surface area contributed by atoms with Crippen LogP contribution in [0.1, 0.15) is 27.6 Å². The van der Waals surface area contributed by atoms with Crippen LogP contribution in [0.5, 0.6) is 0 Å². The van der Waals surface area contributed by atoms with Crippen molar-refractivity contribution in [3.63, 3.8) is 0 Å². The van der Waals surface area contributed by atoms with Crippen LogP contribution in [-0.2, 0) is 4.79 Å². The Kier molecular flexibility index (Phi) is 6.01. The molecular weight excluding hydrogens is 249 g/mol. The van der Waals surface area contributed by atoms with Gasteiger partial charge in [0, 0.05) is 0 Å². The quantitative estimate of drug-likeness (QED) is 0.632. The molecule has 1 aliphatic rings. The molecule has 2 nitrogen and oxygen atoms in total. The fourth-order valence-corrected chi connectivity index (χ4v) is 1.43. The fraction of sp³-hybridized carbons (Fsp3) is 0.857. The third-order valence-corrected chi connectivity index (χ3v) is 2.04. The first-order valence-corrected chi connectivity index (χ1v) is 3.43. The van der Waals surface area contributed by atoms with Gasteiger partial charge in [-0.15, -0.1) is 0 Å². The van der Waals surface area contributed by atoms with E-state index in [2.05, 4.69) is 6.92 Å². The summed E-state index contributed by atoms with van der Waals surface area (Å²) < 4.78 is 0. The normalized spacial score (nSPS) is 31.3. The molecule has 0 heterocycles. The van der Waals surface area contributed by atoms with E-state index < -0.39 is 5.97 Å². The van der Waals surface area contributed by atoms with Gasteiger partial charge in [0.25, 0.3) is 0 Å². The average Bonchev–Trinajstić information content (AvgIpc) is 2.14. The van der Waals surface area contributed by atoms with E-state index in [4.69, 9.17) is 5.11 Å². The first-order chi connectivity index (χ1) is 4.20. The van der Waals surface area contributed by atoms with Gasteiger partial charge >= 0.3 is 74.9 Å². The van der Waals surface area contributed by atoms with Gasteiger partial charge in [-0.1, -0.05) is 6.92 Å². The van der Waals surface area contributed by atoms with Crippen molar-refractivity contribution in [3.8, 4) is 0 Å². The zero-order valence-electron chi connectivity index (χ0n) is 7.63. The maximum atomic E-state index is 10.3. The van der Waals surface area contributed by atoms with Gasteiger partial charge in [-0.25, -0.2) is 0 Å². The van der Waals surface area contributed by atoms with Crippen molar-refractivity contribution in [1.82, 2.24) is 0 Å². The molecule has 0 radical (unpaired) electrons. The van der Waals surface area contributed by atoms with Gasteiger partial charge < -0.3 is 6.53 Å². The van der Waals surface area contributed by atoms with Crippen molar-refractivity contribution in [1.29, 1.82) is 0 Å². The first-order valence-electron chi connectivity index (χ1n) is 3.43. The third-order valence-electron chi connectivity index (χ3n) is 2.04. The van der Waals surface area contributed by atoms with Crippen molar-refractivity contribution in [2.24, 2.45) is 11.8 Å². The van der Waals surface area contributed by atoms with Crippen molar-refractivity contribution >= 4 is 5.97 Å². The molecule has 0 aliphatic heterocycles. The van der Waals surface area contributed by atoms with Gasteiger partial charge in [0.15, 0.2) is 0 Å². The third kappa shape index (κ3) is 3.28. The first kappa shape index (κ1) is 11.5. The van der Waals surface area contributed by atoms with Crippen molar-refractivity contribution in [3.05, 3.63) is 0 Å². The smallest absolute Gasteiger partial charge is 1.00 e. The number of hydrogen-bond acceptors (Lipinski definition) is 1. The zero-order valence-corrected chi connectivity index (χ0v) is 12.9. The number of aliphatic carboxylic acids is 1. The molecule has 2 atom stereocenters. The van der Waals surface area contributed by atoms with E-state index >= 15 is 0 Å². The molecular formula is C7H13CsO2. The molecule has 54 valence electrons. The minimum Gasteiger partial charge on any atom is -1.00 e. The summed E-state index contributed by atoms with van der Waals surface area (Å²) in [6, 6.07) is 0. The molecule has 0 amide bonds. The Morgan fingerprint density at radius 2 is 2.20 bits per heavy atom. The number of carboxylic acid groups (broad SMARTS) is 1. The van der Waals surface area contributed by atoms with E-state index in [1.54, 1.807) is 0 Å². The number of hydrogen-bond donors (Lipinski definition) is 1. The van der Waals surface area contributed by atoms with Gasteiger partial charge in [0.05, 0.1) is 5.92 Å². The van der Waals surface area contributed by atoms with Crippen LogP contribution in [0.4, 0.5) is 0 Å². The molecule has 3 heteroatoms. The van der Waals surface area contributed by atoms with Gasteiger partial charge in [-0.05, 0) is 25.2 Å². The fourth-order valence-electron chi connectivity index (χ4n) is 1.43. The van der Waals surface area contributed by atoms with Gasteiger partial charge in [0.1, 0.15) is 0 Å². The van der Waals surface area contributed by atoms with Crippen LogP contribution in [0.3, 0.4) is 0 Å². The summed E-state index contributed by atoms with van der Waals surface area (Å²) in [6.07, 6.45) is 2.86. The maximum Gasteiger partial charge on any atom is 1.00 e. The van der Waals surface area contributed by atoms with E-state index in [1.165, 1.54) is 0 Å². The van der Waals surface area contributed by atoms with Crippen molar-refractivity contribution < 1.29 is 80.2 Å². The summed E-state index contributed by atoms with van der Waals surface area (Å²) in [5.74, 6) is -0.0227. The molecule has 2 unspecified atom stereocenters. The van der Waals surface area contributed by atoms with Crippen LogP contribution in [-0.4, -0.2) is 11.1 Å². The second-order valence-electron chi connectivity index (χ2n) is 2.95. The Morgan fingerprint density at radius 1 is 1.60 bits per heavy atom. The molecule has 1 rings (SSSR count). The second-order valence-corrected chi connectivity index (χ2v) is 2.95. The molecule has 1 fully saturated rings. The van der Waals surface area contributed by atoms with Crippen molar-refractivity contribution in [2.75, 3.05) is 0 Å². The summed E-state index contributed by atoms with van der Waals surface area (Å²) in [5.41, 5.74) is 0. The molecule has 1 N–H and O–H groups in total. The Morgan fingerprint density at radius 3 is 2.40 bits per heavy atom. The van der Waals surface area contributed by atoms with Crippen LogP contribution >= 0.6 is 0 Å². The number of rotatable bonds is 1. The topological polar surface area (TPSA) is 37.3 Å². The number of carbonyl (C=O) groups is 1. The largest absolute Gasteiger partial charge is 1.00 e. The van der Waals surface area contributed by atoms with Gasteiger partial charge in [-0.3, -0.25) is 4.79 Å². The van der Waals surface area contributed by atoms with Gasteiger partial charge in [0.2, 0.25) is 0 Å². The van der Waals surface area contributed by atoms with E-state index in [1.807, 2.05) is 0 Å². The summed E-state index contributed by atoms with van der Waals surface area (Å²) >= 11 is 0. The summed E-state index contributed by atoms with van der Waals surface area (Å²) in [6.45, 7) is 2.11. The molecule has 0 bridgehead atoms. The van der Waals surface area contributed by atoms with Crippen LogP contribution in [0.15, 0.2) is 0 Å². The Labute approximate surface area is 122 Å². The minimum atomic E-state index is -0.612. The summed E-state index contributed by atoms with van der Waals surface area (Å²) in [7, 11) is 0. The monoisotopic (exact) mass is 262 g/mol. The SMILES string of the molecule is CC1CCC(C(=O)O)C1.[Cs+].[H-]. The predicted octanol–water partition coefficient (Wildman–Crippen LogP) is -1.38. The van der Waals surface area contributed by atoms with E-state index in [0.29, 0.717) is 5.92 Å².